The van der Waals surface area contributed by atoms with Crippen LogP contribution in [0.1, 0.15) is 15.9 Å². The standard InChI is InChI=1S/C19H15N3O3S/c1-25-18(24)14-8-5-13(6-9-14)7-10-17(23)22-19-21-16(12-26-19)15-4-2-3-11-20-15/h2-12H,1H3,(H,21,22,23)/b10-7+. The van der Waals surface area contributed by atoms with Crippen molar-refractivity contribution >= 4 is 34.4 Å². The van der Waals surface area contributed by atoms with Crippen LogP contribution in [0.3, 0.4) is 0 Å². The Hall–Kier alpha value is -3.32. The number of carbonyl (C=O) groups excluding carboxylic acids is 2. The third-order valence-electron chi connectivity index (χ3n) is 3.42. The number of rotatable bonds is 5. The molecule has 2 heterocycles. The highest BCUT2D eigenvalue weighted by Gasteiger charge is 2.07. The summed E-state index contributed by atoms with van der Waals surface area (Å²) in [7, 11) is 1.33. The van der Waals surface area contributed by atoms with Gasteiger partial charge >= 0.3 is 5.97 Å². The summed E-state index contributed by atoms with van der Waals surface area (Å²) in [6.07, 6.45) is 4.76. The number of carbonyl (C=O) groups is 2. The van der Waals surface area contributed by atoms with Crippen LogP contribution in [-0.4, -0.2) is 29.0 Å². The molecule has 0 aliphatic carbocycles. The van der Waals surface area contributed by atoms with Gasteiger partial charge in [-0.2, -0.15) is 0 Å². The van der Waals surface area contributed by atoms with E-state index in [0.29, 0.717) is 16.4 Å². The fourth-order valence-electron chi connectivity index (χ4n) is 2.13. The minimum atomic E-state index is -0.397. The first-order chi connectivity index (χ1) is 12.7. The lowest BCUT2D eigenvalue weighted by Gasteiger charge is -1.99. The molecular weight excluding hydrogens is 350 g/mol. The van der Waals surface area contributed by atoms with E-state index >= 15 is 0 Å². The van der Waals surface area contributed by atoms with E-state index in [0.717, 1.165) is 11.3 Å². The predicted molar refractivity (Wildman–Crippen MR) is 101 cm³/mol. The summed E-state index contributed by atoms with van der Waals surface area (Å²) >= 11 is 1.33. The molecule has 0 atom stereocenters. The number of ether oxygens (including phenoxy) is 1. The maximum Gasteiger partial charge on any atom is 0.337 e. The van der Waals surface area contributed by atoms with Gasteiger partial charge < -0.3 is 4.74 Å². The summed E-state index contributed by atoms with van der Waals surface area (Å²) in [5.41, 5.74) is 2.72. The van der Waals surface area contributed by atoms with Gasteiger partial charge in [-0.3, -0.25) is 15.1 Å². The van der Waals surface area contributed by atoms with Gasteiger partial charge in [0.05, 0.1) is 18.4 Å². The number of anilines is 1. The number of thiazole rings is 1. The first-order valence-corrected chi connectivity index (χ1v) is 8.58. The molecular formula is C19H15N3O3S. The van der Waals surface area contributed by atoms with Gasteiger partial charge in [0.1, 0.15) is 5.69 Å². The van der Waals surface area contributed by atoms with Crippen molar-refractivity contribution in [3.05, 3.63) is 71.2 Å². The highest BCUT2D eigenvalue weighted by Crippen LogP contribution is 2.23. The van der Waals surface area contributed by atoms with Crippen molar-refractivity contribution in [1.82, 2.24) is 9.97 Å². The second-order valence-corrected chi connectivity index (χ2v) is 6.05. The van der Waals surface area contributed by atoms with Gasteiger partial charge in [0.25, 0.3) is 0 Å². The number of amides is 1. The Morgan fingerprint density at radius 2 is 1.92 bits per heavy atom. The van der Waals surface area contributed by atoms with Crippen LogP contribution in [0, 0.1) is 0 Å². The molecule has 0 spiro atoms. The molecule has 0 unspecified atom stereocenters. The first kappa shape index (κ1) is 17.5. The van der Waals surface area contributed by atoms with Crippen molar-refractivity contribution < 1.29 is 14.3 Å². The third-order valence-corrected chi connectivity index (χ3v) is 4.18. The Morgan fingerprint density at radius 1 is 1.12 bits per heavy atom. The summed E-state index contributed by atoms with van der Waals surface area (Å²) in [4.78, 5) is 32.0. The molecule has 0 saturated carbocycles. The molecule has 0 saturated heterocycles. The van der Waals surface area contributed by atoms with Crippen molar-refractivity contribution in [2.75, 3.05) is 12.4 Å². The zero-order valence-electron chi connectivity index (χ0n) is 13.9. The summed E-state index contributed by atoms with van der Waals surface area (Å²) in [5, 5.41) is 5.06. The lowest BCUT2D eigenvalue weighted by molar-refractivity contribution is -0.111. The minimum absolute atomic E-state index is 0.288. The fraction of sp³-hybridized carbons (Fsp3) is 0.0526. The van der Waals surface area contributed by atoms with Gasteiger partial charge in [-0.1, -0.05) is 18.2 Å². The molecule has 130 valence electrons. The first-order valence-electron chi connectivity index (χ1n) is 7.70. The fourth-order valence-corrected chi connectivity index (χ4v) is 2.84. The Morgan fingerprint density at radius 3 is 2.62 bits per heavy atom. The summed E-state index contributed by atoms with van der Waals surface area (Å²) in [5.74, 6) is -0.685. The number of nitrogens with one attached hydrogen (secondary N) is 1. The highest BCUT2D eigenvalue weighted by molar-refractivity contribution is 7.14. The second kappa shape index (κ2) is 8.17. The Balaban J connectivity index is 1.61. The molecule has 1 amide bonds. The summed E-state index contributed by atoms with van der Waals surface area (Å²) in [6.45, 7) is 0. The van der Waals surface area contributed by atoms with Crippen molar-refractivity contribution in [3.8, 4) is 11.4 Å². The molecule has 3 rings (SSSR count). The molecule has 3 aromatic rings. The van der Waals surface area contributed by atoms with Crippen LogP contribution < -0.4 is 5.32 Å². The van der Waals surface area contributed by atoms with Gasteiger partial charge in [0, 0.05) is 17.7 Å². The van der Waals surface area contributed by atoms with E-state index in [-0.39, 0.29) is 5.91 Å². The number of benzene rings is 1. The van der Waals surface area contributed by atoms with E-state index in [9.17, 15) is 9.59 Å². The van der Waals surface area contributed by atoms with E-state index in [1.165, 1.54) is 24.5 Å². The van der Waals surface area contributed by atoms with Crippen molar-refractivity contribution in [2.45, 2.75) is 0 Å². The quantitative estimate of drug-likeness (QED) is 0.551. The second-order valence-electron chi connectivity index (χ2n) is 5.19. The van der Waals surface area contributed by atoms with Crippen molar-refractivity contribution in [2.24, 2.45) is 0 Å². The molecule has 0 radical (unpaired) electrons. The van der Waals surface area contributed by atoms with Crippen molar-refractivity contribution in [1.29, 1.82) is 0 Å². The van der Waals surface area contributed by atoms with Crippen LogP contribution >= 0.6 is 11.3 Å². The molecule has 0 bridgehead atoms. The molecule has 1 N–H and O–H groups in total. The average Bonchev–Trinajstić information content (AvgIpc) is 3.15. The summed E-state index contributed by atoms with van der Waals surface area (Å²) < 4.78 is 4.64. The summed E-state index contributed by atoms with van der Waals surface area (Å²) in [6, 6.07) is 12.3. The highest BCUT2D eigenvalue weighted by atomic mass is 32.1. The molecule has 0 fully saturated rings. The maximum absolute atomic E-state index is 12.0. The Bertz CT molecular complexity index is 934. The van der Waals surface area contributed by atoms with Gasteiger partial charge in [-0.15, -0.1) is 11.3 Å². The number of aromatic nitrogens is 2. The molecule has 7 heteroatoms. The molecule has 0 aliphatic rings. The zero-order chi connectivity index (χ0) is 18.4. The Labute approximate surface area is 154 Å². The molecule has 26 heavy (non-hydrogen) atoms. The molecule has 6 nitrogen and oxygen atoms in total. The van der Waals surface area contributed by atoms with Gasteiger partial charge in [-0.05, 0) is 35.9 Å². The number of esters is 1. The lowest BCUT2D eigenvalue weighted by atomic mass is 10.1. The van der Waals surface area contributed by atoms with Gasteiger partial charge in [-0.25, -0.2) is 9.78 Å². The van der Waals surface area contributed by atoms with E-state index in [2.05, 4.69) is 20.0 Å². The van der Waals surface area contributed by atoms with Gasteiger partial charge in [0.2, 0.25) is 5.91 Å². The molecule has 1 aromatic carbocycles. The zero-order valence-corrected chi connectivity index (χ0v) is 14.7. The number of hydrogen-bond donors (Lipinski definition) is 1. The van der Waals surface area contributed by atoms with Crippen molar-refractivity contribution in [3.63, 3.8) is 0 Å². The molecule has 2 aromatic heterocycles. The van der Waals surface area contributed by atoms with E-state index in [1.807, 2.05) is 23.6 Å². The maximum atomic E-state index is 12.0. The number of nitrogens with zero attached hydrogens (tertiary/aromatic N) is 2. The monoisotopic (exact) mass is 365 g/mol. The predicted octanol–water partition coefficient (Wildman–Crippen LogP) is 3.64. The SMILES string of the molecule is COC(=O)c1ccc(/C=C/C(=O)Nc2nc(-c3ccccn3)cs2)cc1. The van der Waals surface area contributed by atoms with Crippen LogP contribution in [-0.2, 0) is 9.53 Å². The largest absolute Gasteiger partial charge is 0.465 e. The average molecular weight is 365 g/mol. The van der Waals surface area contributed by atoms with E-state index in [4.69, 9.17) is 0 Å². The van der Waals surface area contributed by atoms with Crippen LogP contribution in [0.25, 0.3) is 17.5 Å². The Kier molecular flexibility index (Phi) is 5.50. The van der Waals surface area contributed by atoms with E-state index in [1.54, 1.807) is 36.5 Å². The normalized spacial score (nSPS) is 10.7. The van der Waals surface area contributed by atoms with Gasteiger partial charge in [0.15, 0.2) is 5.13 Å². The minimum Gasteiger partial charge on any atom is -0.465 e. The number of hydrogen-bond acceptors (Lipinski definition) is 6. The topological polar surface area (TPSA) is 81.2 Å². The van der Waals surface area contributed by atoms with Crippen LogP contribution in [0.2, 0.25) is 0 Å². The van der Waals surface area contributed by atoms with Crippen LogP contribution in [0.5, 0.6) is 0 Å². The smallest absolute Gasteiger partial charge is 0.337 e. The van der Waals surface area contributed by atoms with E-state index < -0.39 is 5.97 Å². The number of methoxy groups -OCH3 is 1. The number of pyridine rings is 1. The lowest BCUT2D eigenvalue weighted by Crippen LogP contribution is -2.07. The van der Waals surface area contributed by atoms with Crippen LogP contribution in [0.4, 0.5) is 5.13 Å². The third kappa shape index (κ3) is 4.40. The van der Waals surface area contributed by atoms with Crippen LogP contribution in [0.15, 0.2) is 60.1 Å². The molecule has 0 aliphatic heterocycles.